The summed E-state index contributed by atoms with van der Waals surface area (Å²) in [6.07, 6.45) is 1.44. The van der Waals surface area contributed by atoms with Crippen LogP contribution in [0.25, 0.3) is 0 Å². The van der Waals surface area contributed by atoms with Gasteiger partial charge in [0.25, 0.3) is 0 Å². The van der Waals surface area contributed by atoms with Crippen molar-refractivity contribution >= 4 is 21.8 Å². The van der Waals surface area contributed by atoms with Gasteiger partial charge in [-0.3, -0.25) is 4.79 Å². The third-order valence-corrected chi connectivity index (χ3v) is 6.28. The molecule has 2 aliphatic rings. The van der Waals surface area contributed by atoms with Crippen molar-refractivity contribution in [2.45, 2.75) is 58.1 Å². The van der Waals surface area contributed by atoms with Gasteiger partial charge in [0.05, 0.1) is 23.0 Å². The molecule has 24 heavy (non-hydrogen) atoms. The van der Waals surface area contributed by atoms with Crippen LogP contribution in [0.3, 0.4) is 0 Å². The summed E-state index contributed by atoms with van der Waals surface area (Å²) in [5.74, 6) is -0.415. The second-order valence-electron chi connectivity index (χ2n) is 8.16. The zero-order valence-electron chi connectivity index (χ0n) is 14.9. The third-order valence-electron chi connectivity index (χ3n) is 4.37. The Morgan fingerprint density at radius 3 is 2.50 bits per heavy atom. The van der Waals surface area contributed by atoms with Gasteiger partial charge in [-0.1, -0.05) is 0 Å². The monoisotopic (exact) mass is 360 g/mol. The lowest BCUT2D eigenvalue weighted by atomic mass is 9.94. The highest BCUT2D eigenvalue weighted by Gasteiger charge is 2.41. The van der Waals surface area contributed by atoms with Gasteiger partial charge in [-0.25, -0.2) is 13.2 Å². The minimum absolute atomic E-state index is 0.0196. The largest absolute Gasteiger partial charge is 0.444 e. The molecule has 7 nitrogen and oxygen atoms in total. The Balaban J connectivity index is 1.94. The summed E-state index contributed by atoms with van der Waals surface area (Å²) in [4.78, 5) is 26.3. The molecule has 138 valence electrons. The molecule has 0 aromatic carbocycles. The molecule has 0 bridgehead atoms. The smallest absolute Gasteiger partial charge is 0.410 e. The zero-order chi connectivity index (χ0) is 18.2. The Kier molecular flexibility index (Phi) is 5.18. The number of likely N-dealkylation sites (tertiary alicyclic amines) is 1. The molecule has 0 aliphatic carbocycles. The maximum atomic E-state index is 12.5. The summed E-state index contributed by atoms with van der Waals surface area (Å²) in [7, 11) is -3.07. The number of nitrogens with one attached hydrogen (secondary N) is 1. The summed E-state index contributed by atoms with van der Waals surface area (Å²) in [5, 5.41) is 2.89. The normalized spacial score (nSPS) is 30.0. The number of sulfone groups is 1. The Morgan fingerprint density at radius 1 is 1.29 bits per heavy atom. The molecular formula is C16H28N2O5S. The second-order valence-corrected chi connectivity index (χ2v) is 10.3. The highest BCUT2D eigenvalue weighted by atomic mass is 32.2. The third kappa shape index (κ3) is 5.09. The number of carbonyl (C=O) groups excluding carboxylic acids is 2. The molecule has 0 radical (unpaired) electrons. The molecule has 0 aromatic heterocycles. The van der Waals surface area contributed by atoms with E-state index in [4.69, 9.17) is 4.74 Å². The van der Waals surface area contributed by atoms with Crippen LogP contribution in [0.1, 0.15) is 47.0 Å². The topological polar surface area (TPSA) is 92.8 Å². The van der Waals surface area contributed by atoms with Gasteiger partial charge < -0.3 is 15.0 Å². The Morgan fingerprint density at radius 2 is 1.96 bits per heavy atom. The number of amides is 2. The number of nitrogens with zero attached hydrogens (tertiary/aromatic N) is 1. The number of rotatable bonds is 2. The van der Waals surface area contributed by atoms with Gasteiger partial charge in [0.1, 0.15) is 5.60 Å². The maximum absolute atomic E-state index is 12.5. The molecule has 0 unspecified atom stereocenters. The second kappa shape index (κ2) is 6.54. The lowest BCUT2D eigenvalue weighted by Gasteiger charge is -2.35. The van der Waals surface area contributed by atoms with Crippen molar-refractivity contribution in [3.63, 3.8) is 0 Å². The van der Waals surface area contributed by atoms with Gasteiger partial charge in [-0.05, 0) is 47.0 Å². The summed E-state index contributed by atoms with van der Waals surface area (Å²) < 4.78 is 28.7. The molecule has 0 spiro atoms. The first kappa shape index (κ1) is 19.0. The predicted octanol–water partition coefficient (Wildman–Crippen LogP) is 1.33. The van der Waals surface area contributed by atoms with Crippen LogP contribution >= 0.6 is 0 Å². The minimum atomic E-state index is -3.07. The Labute approximate surface area is 144 Å². The van der Waals surface area contributed by atoms with Crippen LogP contribution in [0.5, 0.6) is 0 Å². The van der Waals surface area contributed by atoms with Gasteiger partial charge in [-0.15, -0.1) is 0 Å². The summed E-state index contributed by atoms with van der Waals surface area (Å²) in [6, 6.07) is 0. The van der Waals surface area contributed by atoms with Crippen molar-refractivity contribution in [2.24, 2.45) is 5.92 Å². The van der Waals surface area contributed by atoms with Crippen LogP contribution in [0.4, 0.5) is 4.79 Å². The molecule has 2 amide bonds. The molecule has 8 heteroatoms. The van der Waals surface area contributed by atoms with Crippen molar-refractivity contribution in [1.82, 2.24) is 10.2 Å². The fourth-order valence-corrected chi connectivity index (χ4v) is 5.29. The summed E-state index contributed by atoms with van der Waals surface area (Å²) in [5.41, 5.74) is -1.28. The van der Waals surface area contributed by atoms with Crippen molar-refractivity contribution in [3.05, 3.63) is 0 Å². The number of carbonyl (C=O) groups is 2. The van der Waals surface area contributed by atoms with Gasteiger partial charge in [-0.2, -0.15) is 0 Å². The molecular weight excluding hydrogens is 332 g/mol. The molecule has 1 N–H and O–H groups in total. The molecule has 0 aromatic rings. The van der Waals surface area contributed by atoms with E-state index in [1.54, 1.807) is 32.6 Å². The summed E-state index contributed by atoms with van der Waals surface area (Å²) in [6.45, 7) is 8.07. The Hall–Kier alpha value is -1.31. The highest BCUT2D eigenvalue weighted by molar-refractivity contribution is 7.91. The van der Waals surface area contributed by atoms with Gasteiger partial charge in [0.15, 0.2) is 9.84 Å². The first-order valence-corrected chi connectivity index (χ1v) is 10.2. The first-order chi connectivity index (χ1) is 10.9. The van der Waals surface area contributed by atoms with E-state index in [2.05, 4.69) is 5.32 Å². The average molecular weight is 360 g/mol. The Bertz CT molecular complexity index is 610. The first-order valence-electron chi connectivity index (χ1n) is 8.40. The van der Waals surface area contributed by atoms with Crippen LogP contribution in [0.2, 0.25) is 0 Å². The molecule has 2 saturated heterocycles. The van der Waals surface area contributed by atoms with Crippen LogP contribution in [-0.4, -0.2) is 61.1 Å². The lowest BCUT2D eigenvalue weighted by molar-refractivity contribution is -0.128. The molecule has 2 heterocycles. The van der Waals surface area contributed by atoms with E-state index in [1.807, 2.05) is 0 Å². The SMILES string of the molecule is CC(C)(C)OC(=O)N1CCC[C@H](C(=O)N[C@]2(C)CCS(=O)(=O)C2)C1. The van der Waals surface area contributed by atoms with E-state index < -0.39 is 27.1 Å². The van der Waals surface area contributed by atoms with Crippen molar-refractivity contribution in [1.29, 1.82) is 0 Å². The van der Waals surface area contributed by atoms with Crippen molar-refractivity contribution in [3.8, 4) is 0 Å². The number of hydrogen-bond donors (Lipinski definition) is 1. The van der Waals surface area contributed by atoms with E-state index >= 15 is 0 Å². The average Bonchev–Trinajstić information content (AvgIpc) is 2.70. The van der Waals surface area contributed by atoms with Crippen molar-refractivity contribution < 1.29 is 22.7 Å². The zero-order valence-corrected chi connectivity index (χ0v) is 15.7. The van der Waals surface area contributed by atoms with Crippen molar-refractivity contribution in [2.75, 3.05) is 24.6 Å². The van der Waals surface area contributed by atoms with E-state index in [9.17, 15) is 18.0 Å². The standard InChI is InChI=1S/C16H28N2O5S/c1-15(2,3)23-14(20)18-8-5-6-12(10-18)13(19)17-16(4)7-9-24(21,22)11-16/h12H,5-11H2,1-4H3,(H,17,19)/t12-,16+/m0/s1. The number of piperidine rings is 1. The van der Waals surface area contributed by atoms with Gasteiger partial charge in [0, 0.05) is 13.1 Å². The van der Waals surface area contributed by atoms with Crippen LogP contribution in [0, 0.1) is 5.92 Å². The van der Waals surface area contributed by atoms with Crippen LogP contribution < -0.4 is 5.32 Å². The predicted molar refractivity (Wildman–Crippen MR) is 90.3 cm³/mol. The number of hydrogen-bond acceptors (Lipinski definition) is 5. The van der Waals surface area contributed by atoms with E-state index in [0.717, 1.165) is 6.42 Å². The molecule has 2 fully saturated rings. The van der Waals surface area contributed by atoms with E-state index in [1.165, 1.54) is 0 Å². The summed E-state index contributed by atoms with van der Waals surface area (Å²) >= 11 is 0. The van der Waals surface area contributed by atoms with Crippen LogP contribution in [-0.2, 0) is 19.4 Å². The van der Waals surface area contributed by atoms with Gasteiger partial charge >= 0.3 is 6.09 Å². The lowest BCUT2D eigenvalue weighted by Crippen LogP contribution is -2.53. The maximum Gasteiger partial charge on any atom is 0.410 e. The van der Waals surface area contributed by atoms with Crippen LogP contribution in [0.15, 0.2) is 0 Å². The molecule has 2 atom stereocenters. The van der Waals surface area contributed by atoms with E-state index in [0.29, 0.717) is 25.9 Å². The highest BCUT2D eigenvalue weighted by Crippen LogP contribution is 2.25. The molecule has 0 saturated carbocycles. The molecule has 2 aliphatic heterocycles. The fourth-order valence-electron chi connectivity index (χ4n) is 3.19. The fraction of sp³-hybridized carbons (Fsp3) is 0.875. The minimum Gasteiger partial charge on any atom is -0.444 e. The van der Waals surface area contributed by atoms with E-state index in [-0.39, 0.29) is 23.3 Å². The quantitative estimate of drug-likeness (QED) is 0.802. The van der Waals surface area contributed by atoms with Gasteiger partial charge in [0.2, 0.25) is 5.91 Å². The molecule has 2 rings (SSSR count). The number of ether oxygens (including phenoxy) is 1.